The van der Waals surface area contributed by atoms with Crippen LogP contribution in [0.2, 0.25) is 0 Å². The Hall–Kier alpha value is -1.79. The van der Waals surface area contributed by atoms with Crippen molar-refractivity contribution >= 4 is 17.5 Å². The van der Waals surface area contributed by atoms with Gasteiger partial charge in [0, 0.05) is 36.6 Å². The molecule has 0 aromatic heterocycles. The number of nitrogens with one attached hydrogen (secondary N) is 1. The number of carbonyl (C=O) groups excluding carboxylic acids is 3. The molecule has 0 saturated heterocycles. The summed E-state index contributed by atoms with van der Waals surface area (Å²) in [5.74, 6) is -2.37. The summed E-state index contributed by atoms with van der Waals surface area (Å²) in [6.07, 6.45) is 2.31. The quantitative estimate of drug-likeness (QED) is 0.480. The number of nitrogens with zero attached hydrogens (tertiary/aromatic N) is 1. The summed E-state index contributed by atoms with van der Waals surface area (Å²) >= 11 is 0. The molecule has 2 rings (SSSR count). The molecule has 0 heterocycles. The van der Waals surface area contributed by atoms with Gasteiger partial charge < -0.3 is 5.32 Å². The molecule has 0 bridgehead atoms. The van der Waals surface area contributed by atoms with E-state index in [-0.39, 0.29) is 40.8 Å². The van der Waals surface area contributed by atoms with Crippen molar-refractivity contribution in [2.24, 2.45) is 11.3 Å². The number of ketones is 2. The molecule has 0 aliphatic heterocycles. The first-order chi connectivity index (χ1) is 10.2. The van der Waals surface area contributed by atoms with Crippen LogP contribution < -0.4 is 5.32 Å². The number of carbonyl (C=O) groups is 3. The van der Waals surface area contributed by atoms with Gasteiger partial charge in [0.2, 0.25) is 11.9 Å². The molecule has 0 atom stereocenters. The van der Waals surface area contributed by atoms with E-state index >= 15 is 0 Å². The fraction of sp³-hybridized carbons (Fsp3) is 0.800. The van der Waals surface area contributed by atoms with Crippen LogP contribution in [0.3, 0.4) is 0 Å². The zero-order valence-corrected chi connectivity index (χ0v) is 13.0. The van der Waals surface area contributed by atoms with Gasteiger partial charge in [-0.2, -0.15) is 0 Å². The molecule has 0 aromatic rings. The average Bonchev–Trinajstić information content (AvgIpc) is 2.36. The second-order valence-corrected chi connectivity index (χ2v) is 7.18. The molecule has 2 fully saturated rings. The lowest BCUT2D eigenvalue weighted by Gasteiger charge is -2.32. The van der Waals surface area contributed by atoms with Gasteiger partial charge in [-0.15, -0.1) is 0 Å². The van der Waals surface area contributed by atoms with Crippen LogP contribution >= 0.6 is 0 Å². The van der Waals surface area contributed by atoms with Crippen LogP contribution in [-0.4, -0.2) is 34.5 Å². The molecule has 0 radical (unpaired) electrons. The first-order valence-electron chi connectivity index (χ1n) is 7.69. The smallest absolute Gasteiger partial charge is 0.238 e. The van der Waals surface area contributed by atoms with Crippen LogP contribution in [0.4, 0.5) is 0 Å². The van der Waals surface area contributed by atoms with Crippen LogP contribution in [0.25, 0.3) is 0 Å². The highest BCUT2D eigenvalue weighted by Gasteiger charge is 2.44. The molecule has 7 heteroatoms. The minimum Gasteiger partial charge on any atom is -0.352 e. The van der Waals surface area contributed by atoms with Crippen LogP contribution in [0, 0.1) is 21.4 Å². The Bertz CT molecular complexity index is 486. The highest BCUT2D eigenvalue weighted by atomic mass is 16.6. The van der Waals surface area contributed by atoms with Gasteiger partial charge in [0.15, 0.2) is 17.5 Å². The minimum atomic E-state index is -1.19. The Balaban J connectivity index is 1.92. The van der Waals surface area contributed by atoms with Gasteiger partial charge >= 0.3 is 0 Å². The summed E-state index contributed by atoms with van der Waals surface area (Å²) in [5.41, 5.74) is -0.380. The number of amides is 1. The predicted molar refractivity (Wildman–Crippen MR) is 77.7 cm³/mol. The Kier molecular flexibility index (Phi) is 4.63. The SMILES string of the molecule is CC1(C)CC(=O)C(C(=O)NC2CCC([N+](=O)[O-])CC2)C(=O)C1. The van der Waals surface area contributed by atoms with Crippen LogP contribution in [0.15, 0.2) is 0 Å². The van der Waals surface area contributed by atoms with E-state index in [1.54, 1.807) is 0 Å². The third kappa shape index (κ3) is 3.69. The lowest BCUT2D eigenvalue weighted by molar-refractivity contribution is -0.526. The molecule has 0 spiro atoms. The van der Waals surface area contributed by atoms with E-state index in [0.717, 1.165) is 0 Å². The van der Waals surface area contributed by atoms with E-state index in [1.165, 1.54) is 0 Å². The van der Waals surface area contributed by atoms with E-state index in [1.807, 2.05) is 13.8 Å². The summed E-state index contributed by atoms with van der Waals surface area (Å²) in [5, 5.41) is 13.4. The van der Waals surface area contributed by atoms with Gasteiger partial charge in [-0.3, -0.25) is 24.5 Å². The molecule has 2 saturated carbocycles. The van der Waals surface area contributed by atoms with Crippen molar-refractivity contribution in [1.82, 2.24) is 5.32 Å². The normalized spacial score (nSPS) is 29.2. The lowest BCUT2D eigenvalue weighted by Crippen LogP contribution is -2.50. The van der Waals surface area contributed by atoms with Crippen molar-refractivity contribution in [2.75, 3.05) is 0 Å². The third-order valence-corrected chi connectivity index (χ3v) is 4.55. The van der Waals surface area contributed by atoms with E-state index in [9.17, 15) is 24.5 Å². The van der Waals surface area contributed by atoms with Crippen molar-refractivity contribution in [2.45, 2.75) is 64.5 Å². The topological polar surface area (TPSA) is 106 Å². The summed E-state index contributed by atoms with van der Waals surface area (Å²) < 4.78 is 0. The Morgan fingerprint density at radius 2 is 1.64 bits per heavy atom. The Morgan fingerprint density at radius 1 is 1.14 bits per heavy atom. The summed E-state index contributed by atoms with van der Waals surface area (Å²) in [6.45, 7) is 3.69. The van der Waals surface area contributed by atoms with Gasteiger partial charge in [0.05, 0.1) is 0 Å². The highest BCUT2D eigenvalue weighted by molar-refractivity contribution is 6.20. The van der Waals surface area contributed by atoms with Crippen molar-refractivity contribution in [1.29, 1.82) is 0 Å². The van der Waals surface area contributed by atoms with Crippen LogP contribution in [0.1, 0.15) is 52.4 Å². The fourth-order valence-corrected chi connectivity index (χ4v) is 3.40. The van der Waals surface area contributed by atoms with E-state index in [2.05, 4.69) is 5.32 Å². The maximum Gasteiger partial charge on any atom is 0.238 e. The molecular formula is C15H22N2O5. The van der Waals surface area contributed by atoms with Crippen molar-refractivity contribution in [3.05, 3.63) is 10.1 Å². The van der Waals surface area contributed by atoms with E-state index in [0.29, 0.717) is 25.7 Å². The zero-order valence-electron chi connectivity index (χ0n) is 13.0. The summed E-state index contributed by atoms with van der Waals surface area (Å²) in [6, 6.07) is -0.730. The monoisotopic (exact) mass is 310 g/mol. The van der Waals surface area contributed by atoms with Crippen LogP contribution in [-0.2, 0) is 14.4 Å². The fourth-order valence-electron chi connectivity index (χ4n) is 3.40. The van der Waals surface area contributed by atoms with Gasteiger partial charge in [-0.05, 0) is 18.3 Å². The largest absolute Gasteiger partial charge is 0.352 e. The number of hydrogen-bond acceptors (Lipinski definition) is 5. The molecular weight excluding hydrogens is 288 g/mol. The Labute approximate surface area is 129 Å². The second-order valence-electron chi connectivity index (χ2n) is 7.18. The van der Waals surface area contributed by atoms with Crippen molar-refractivity contribution < 1.29 is 19.3 Å². The molecule has 22 heavy (non-hydrogen) atoms. The zero-order chi connectivity index (χ0) is 16.5. The predicted octanol–water partition coefficient (Wildman–Crippen LogP) is 1.26. The van der Waals surface area contributed by atoms with Crippen molar-refractivity contribution in [3.8, 4) is 0 Å². The molecule has 0 aromatic carbocycles. The number of hydrogen-bond donors (Lipinski definition) is 1. The van der Waals surface area contributed by atoms with Gasteiger partial charge in [0.1, 0.15) is 0 Å². The van der Waals surface area contributed by atoms with Crippen LogP contribution in [0.5, 0.6) is 0 Å². The first kappa shape index (κ1) is 16.6. The summed E-state index contributed by atoms with van der Waals surface area (Å²) in [7, 11) is 0. The summed E-state index contributed by atoms with van der Waals surface area (Å²) in [4.78, 5) is 46.8. The number of rotatable bonds is 3. The molecule has 2 aliphatic carbocycles. The maximum absolute atomic E-state index is 12.2. The molecule has 7 nitrogen and oxygen atoms in total. The standard InChI is InChI=1S/C15H22N2O5/c1-15(2)7-11(18)13(12(19)8-15)14(20)16-9-3-5-10(6-4-9)17(21)22/h9-10,13H,3-8H2,1-2H3,(H,16,20). The number of Topliss-reactive ketones (excluding diaryl/α,β-unsaturated/α-hetero) is 2. The highest BCUT2D eigenvalue weighted by Crippen LogP contribution is 2.34. The second kappa shape index (κ2) is 6.14. The number of nitro groups is 1. The molecule has 1 amide bonds. The lowest BCUT2D eigenvalue weighted by atomic mass is 9.71. The van der Waals surface area contributed by atoms with E-state index in [4.69, 9.17) is 0 Å². The molecule has 1 N–H and O–H groups in total. The average molecular weight is 310 g/mol. The third-order valence-electron chi connectivity index (χ3n) is 4.55. The van der Waals surface area contributed by atoms with Gasteiger partial charge in [-0.1, -0.05) is 13.8 Å². The van der Waals surface area contributed by atoms with Gasteiger partial charge in [0.25, 0.3) is 0 Å². The first-order valence-corrected chi connectivity index (χ1v) is 7.69. The maximum atomic E-state index is 12.2. The van der Waals surface area contributed by atoms with Gasteiger partial charge in [-0.25, -0.2) is 0 Å². The molecule has 2 aliphatic rings. The minimum absolute atomic E-state index is 0.181. The van der Waals surface area contributed by atoms with Crippen molar-refractivity contribution in [3.63, 3.8) is 0 Å². The Morgan fingerprint density at radius 3 is 2.09 bits per heavy atom. The molecule has 122 valence electrons. The van der Waals surface area contributed by atoms with E-state index < -0.39 is 17.9 Å². The molecule has 0 unspecified atom stereocenters.